The summed E-state index contributed by atoms with van der Waals surface area (Å²) in [6, 6.07) is 5.94. The van der Waals surface area contributed by atoms with Gasteiger partial charge in [-0.15, -0.1) is 0 Å². The van der Waals surface area contributed by atoms with Gasteiger partial charge in [0.15, 0.2) is 0 Å². The summed E-state index contributed by atoms with van der Waals surface area (Å²) in [6.07, 6.45) is 0. The van der Waals surface area contributed by atoms with Crippen LogP contribution in [0, 0.1) is 5.82 Å². The molecule has 0 spiro atoms. The Morgan fingerprint density at radius 2 is 2.24 bits per heavy atom. The summed E-state index contributed by atoms with van der Waals surface area (Å²) >= 11 is 0. The molecule has 0 saturated carbocycles. The molecule has 2 aromatic rings. The first-order valence-electron chi connectivity index (χ1n) is 5.32. The summed E-state index contributed by atoms with van der Waals surface area (Å²) in [5.41, 5.74) is 1.70. The van der Waals surface area contributed by atoms with Crippen molar-refractivity contribution < 1.29 is 14.2 Å². The van der Waals surface area contributed by atoms with Gasteiger partial charge in [-0.3, -0.25) is 5.10 Å². The minimum absolute atomic E-state index is 0.133. The van der Waals surface area contributed by atoms with Crippen molar-refractivity contribution in [1.82, 2.24) is 10.2 Å². The molecule has 5 heteroatoms. The van der Waals surface area contributed by atoms with Gasteiger partial charge in [0, 0.05) is 5.56 Å². The minimum Gasteiger partial charge on any atom is -0.493 e. The number of halogens is 1. The lowest BCUT2D eigenvalue weighted by Crippen LogP contribution is -1.94. The molecule has 2 N–H and O–H groups in total. The number of aliphatic hydroxyl groups excluding tert-OH is 1. The van der Waals surface area contributed by atoms with Crippen LogP contribution < -0.4 is 4.74 Å². The first kappa shape index (κ1) is 11.6. The summed E-state index contributed by atoms with van der Waals surface area (Å²) in [7, 11) is 0. The normalized spacial score (nSPS) is 10.5. The maximum absolute atomic E-state index is 13.2. The molecule has 1 aromatic carbocycles. The Bertz CT molecular complexity index is 511. The maximum atomic E-state index is 13.2. The molecule has 17 heavy (non-hydrogen) atoms. The van der Waals surface area contributed by atoms with E-state index in [0.29, 0.717) is 29.3 Å². The molecule has 4 nitrogen and oxygen atoms in total. The maximum Gasteiger partial charge on any atom is 0.128 e. The number of aromatic nitrogens is 2. The van der Waals surface area contributed by atoms with E-state index in [-0.39, 0.29) is 12.4 Å². The third kappa shape index (κ3) is 2.45. The van der Waals surface area contributed by atoms with E-state index in [1.54, 1.807) is 12.1 Å². The molecule has 0 bridgehead atoms. The van der Waals surface area contributed by atoms with Crippen LogP contribution in [0.15, 0.2) is 24.3 Å². The summed E-state index contributed by atoms with van der Waals surface area (Å²) in [5, 5.41) is 15.6. The smallest absolute Gasteiger partial charge is 0.128 e. The average Bonchev–Trinajstić information content (AvgIpc) is 2.80. The predicted molar refractivity (Wildman–Crippen MR) is 61.1 cm³/mol. The SMILES string of the molecule is CCOc1ccc(F)cc1-c1cc(CO)[nH]n1. The molecular formula is C12H13FN2O2. The standard InChI is InChI=1S/C12H13FN2O2/c1-2-17-12-4-3-8(13)5-10(12)11-6-9(7-16)14-15-11/h3-6,16H,2,7H2,1H3,(H,14,15). The number of H-pyrrole nitrogens is 1. The molecular weight excluding hydrogens is 223 g/mol. The molecule has 0 unspecified atom stereocenters. The van der Waals surface area contributed by atoms with E-state index >= 15 is 0 Å². The number of hydrogen-bond donors (Lipinski definition) is 2. The van der Waals surface area contributed by atoms with Crippen LogP contribution in [0.25, 0.3) is 11.3 Å². The summed E-state index contributed by atoms with van der Waals surface area (Å²) in [6.45, 7) is 2.22. The Balaban J connectivity index is 2.44. The van der Waals surface area contributed by atoms with Crippen LogP contribution in [0.2, 0.25) is 0 Å². The van der Waals surface area contributed by atoms with Gasteiger partial charge >= 0.3 is 0 Å². The van der Waals surface area contributed by atoms with Crippen molar-refractivity contribution in [2.75, 3.05) is 6.61 Å². The molecule has 0 fully saturated rings. The summed E-state index contributed by atoms with van der Waals surface area (Å²) in [5.74, 6) is 0.224. The van der Waals surface area contributed by atoms with E-state index in [1.807, 2.05) is 6.92 Å². The predicted octanol–water partition coefficient (Wildman–Crippen LogP) is 2.11. The summed E-state index contributed by atoms with van der Waals surface area (Å²) in [4.78, 5) is 0. The summed E-state index contributed by atoms with van der Waals surface area (Å²) < 4.78 is 18.6. The van der Waals surface area contributed by atoms with Crippen molar-refractivity contribution in [3.05, 3.63) is 35.8 Å². The van der Waals surface area contributed by atoms with Crippen LogP contribution in [-0.2, 0) is 6.61 Å². The van der Waals surface area contributed by atoms with Crippen molar-refractivity contribution >= 4 is 0 Å². The van der Waals surface area contributed by atoms with E-state index < -0.39 is 0 Å². The quantitative estimate of drug-likeness (QED) is 0.854. The van der Waals surface area contributed by atoms with Gasteiger partial charge in [0.25, 0.3) is 0 Å². The second kappa shape index (κ2) is 4.97. The molecule has 0 aliphatic rings. The van der Waals surface area contributed by atoms with Gasteiger partial charge in [0.2, 0.25) is 0 Å². The van der Waals surface area contributed by atoms with E-state index in [9.17, 15) is 4.39 Å². The number of aliphatic hydroxyl groups is 1. The third-order valence-electron chi connectivity index (χ3n) is 2.32. The fourth-order valence-electron chi connectivity index (χ4n) is 1.56. The topological polar surface area (TPSA) is 58.1 Å². The number of benzene rings is 1. The lowest BCUT2D eigenvalue weighted by atomic mass is 10.1. The Morgan fingerprint density at radius 1 is 1.41 bits per heavy atom. The second-order valence-corrected chi connectivity index (χ2v) is 3.51. The zero-order valence-corrected chi connectivity index (χ0v) is 9.40. The van der Waals surface area contributed by atoms with Crippen molar-refractivity contribution in [3.8, 4) is 17.0 Å². The molecule has 2 rings (SSSR count). The van der Waals surface area contributed by atoms with E-state index in [4.69, 9.17) is 9.84 Å². The van der Waals surface area contributed by atoms with Crippen molar-refractivity contribution in [2.24, 2.45) is 0 Å². The van der Waals surface area contributed by atoms with Crippen molar-refractivity contribution in [2.45, 2.75) is 13.5 Å². The van der Waals surface area contributed by atoms with Gasteiger partial charge in [0.1, 0.15) is 11.6 Å². The Morgan fingerprint density at radius 3 is 2.88 bits per heavy atom. The largest absolute Gasteiger partial charge is 0.493 e. The Kier molecular flexibility index (Phi) is 3.39. The van der Waals surface area contributed by atoms with Crippen molar-refractivity contribution in [1.29, 1.82) is 0 Å². The van der Waals surface area contributed by atoms with Crippen LogP contribution >= 0.6 is 0 Å². The van der Waals surface area contributed by atoms with Crippen LogP contribution in [0.5, 0.6) is 5.75 Å². The Labute approximate surface area is 98.1 Å². The number of nitrogens with zero attached hydrogens (tertiary/aromatic N) is 1. The monoisotopic (exact) mass is 236 g/mol. The number of ether oxygens (including phenoxy) is 1. The van der Waals surface area contributed by atoms with Crippen LogP contribution in [0.4, 0.5) is 4.39 Å². The second-order valence-electron chi connectivity index (χ2n) is 3.51. The van der Waals surface area contributed by atoms with Crippen molar-refractivity contribution in [3.63, 3.8) is 0 Å². The molecule has 0 aliphatic carbocycles. The molecule has 1 aromatic heterocycles. The van der Waals surface area contributed by atoms with E-state index in [1.165, 1.54) is 12.1 Å². The average molecular weight is 236 g/mol. The third-order valence-corrected chi connectivity index (χ3v) is 2.32. The number of aromatic amines is 1. The van der Waals surface area contributed by atoms with E-state index in [0.717, 1.165) is 0 Å². The highest BCUT2D eigenvalue weighted by Gasteiger charge is 2.11. The molecule has 0 saturated heterocycles. The molecule has 0 amide bonds. The highest BCUT2D eigenvalue weighted by molar-refractivity contribution is 5.67. The first-order valence-corrected chi connectivity index (χ1v) is 5.32. The molecule has 0 radical (unpaired) electrons. The van der Waals surface area contributed by atoms with Gasteiger partial charge < -0.3 is 9.84 Å². The lowest BCUT2D eigenvalue weighted by Gasteiger charge is -2.07. The van der Waals surface area contributed by atoms with Gasteiger partial charge in [0.05, 0.1) is 24.6 Å². The number of rotatable bonds is 4. The van der Waals surface area contributed by atoms with Crippen LogP contribution in [0.1, 0.15) is 12.6 Å². The highest BCUT2D eigenvalue weighted by Crippen LogP contribution is 2.29. The number of nitrogens with one attached hydrogen (secondary N) is 1. The lowest BCUT2D eigenvalue weighted by molar-refractivity contribution is 0.276. The zero-order valence-electron chi connectivity index (χ0n) is 9.40. The van der Waals surface area contributed by atoms with Crippen LogP contribution in [0.3, 0.4) is 0 Å². The van der Waals surface area contributed by atoms with Gasteiger partial charge in [-0.25, -0.2) is 4.39 Å². The number of hydrogen-bond acceptors (Lipinski definition) is 3. The highest BCUT2D eigenvalue weighted by atomic mass is 19.1. The first-order chi connectivity index (χ1) is 8.24. The molecule has 90 valence electrons. The minimum atomic E-state index is -0.350. The molecule has 1 heterocycles. The Hall–Kier alpha value is -1.88. The van der Waals surface area contributed by atoms with Gasteiger partial charge in [-0.2, -0.15) is 5.10 Å². The van der Waals surface area contributed by atoms with E-state index in [2.05, 4.69) is 10.2 Å². The van der Waals surface area contributed by atoms with Crippen LogP contribution in [-0.4, -0.2) is 21.9 Å². The zero-order chi connectivity index (χ0) is 12.3. The fraction of sp³-hybridized carbons (Fsp3) is 0.250. The molecule has 0 aliphatic heterocycles. The van der Waals surface area contributed by atoms with Gasteiger partial charge in [-0.1, -0.05) is 0 Å². The molecule has 0 atom stereocenters. The fourth-order valence-corrected chi connectivity index (χ4v) is 1.56. The van der Waals surface area contributed by atoms with Gasteiger partial charge in [-0.05, 0) is 31.2 Å².